The lowest BCUT2D eigenvalue weighted by Crippen LogP contribution is -2.20. The minimum Gasteiger partial charge on any atom is -0.389 e. The zero-order valence-corrected chi connectivity index (χ0v) is 9.29. The molecule has 0 bridgehead atoms. The summed E-state index contributed by atoms with van der Waals surface area (Å²) in [5.41, 5.74) is 1.56. The number of benzene rings is 1. The maximum atomic E-state index is 11.7. The Balaban J connectivity index is 2.43. The third-order valence-electron chi connectivity index (χ3n) is 2.60. The molecule has 2 aromatic rings. The van der Waals surface area contributed by atoms with Crippen LogP contribution >= 0.6 is 0 Å². The third kappa shape index (κ3) is 1.79. The smallest absolute Gasteiger partial charge is 0.332 e. The van der Waals surface area contributed by atoms with E-state index in [9.17, 15) is 9.90 Å². The van der Waals surface area contributed by atoms with Gasteiger partial charge in [0.05, 0.1) is 11.8 Å². The summed E-state index contributed by atoms with van der Waals surface area (Å²) in [7, 11) is 1.71. The van der Waals surface area contributed by atoms with E-state index >= 15 is 0 Å². The van der Waals surface area contributed by atoms with Gasteiger partial charge >= 0.3 is 5.69 Å². The second-order valence-corrected chi connectivity index (χ2v) is 3.83. The van der Waals surface area contributed by atoms with Crippen LogP contribution in [0.3, 0.4) is 0 Å². The van der Waals surface area contributed by atoms with Crippen LogP contribution in [0, 0.1) is 0 Å². The normalized spacial score (nSPS) is 12.7. The fraction of sp³-hybridized carbons (Fsp3) is 0.250. The summed E-state index contributed by atoms with van der Waals surface area (Å²) in [6, 6.07) is 7.28. The molecule has 1 heterocycles. The van der Waals surface area contributed by atoms with Gasteiger partial charge in [0, 0.05) is 19.4 Å². The number of hydrogen-bond donors (Lipinski definition) is 1. The van der Waals surface area contributed by atoms with Crippen molar-refractivity contribution in [3.05, 3.63) is 52.7 Å². The predicted octanol–water partition coefficient (Wildman–Crippen LogP) is 1.23. The van der Waals surface area contributed by atoms with Crippen LogP contribution in [-0.4, -0.2) is 14.2 Å². The standard InChI is InChI=1S/C12H14N2O2/c1-9(15)10-3-5-11(6-4-10)14-8-7-13(2)12(14)16/h3-9,15H,1-2H3. The van der Waals surface area contributed by atoms with Gasteiger partial charge in [-0.2, -0.15) is 0 Å². The van der Waals surface area contributed by atoms with E-state index in [-0.39, 0.29) is 5.69 Å². The summed E-state index contributed by atoms with van der Waals surface area (Å²) in [4.78, 5) is 11.7. The monoisotopic (exact) mass is 218 g/mol. The van der Waals surface area contributed by atoms with Crippen LogP contribution < -0.4 is 5.69 Å². The Hall–Kier alpha value is -1.81. The lowest BCUT2D eigenvalue weighted by atomic mass is 10.1. The first-order valence-corrected chi connectivity index (χ1v) is 5.12. The molecule has 0 saturated heterocycles. The molecule has 0 aliphatic carbocycles. The summed E-state index contributed by atoms with van der Waals surface area (Å²) in [5, 5.41) is 9.37. The number of hydrogen-bond acceptors (Lipinski definition) is 2. The van der Waals surface area contributed by atoms with Crippen molar-refractivity contribution in [1.29, 1.82) is 0 Å². The molecule has 84 valence electrons. The molecule has 0 aliphatic heterocycles. The van der Waals surface area contributed by atoms with Gasteiger partial charge in [-0.25, -0.2) is 4.79 Å². The number of rotatable bonds is 2. The highest BCUT2D eigenvalue weighted by molar-refractivity contribution is 5.35. The number of imidazole rings is 1. The van der Waals surface area contributed by atoms with Crippen molar-refractivity contribution in [3.63, 3.8) is 0 Å². The minimum atomic E-state index is -0.485. The Bertz CT molecular complexity index is 535. The molecule has 1 unspecified atom stereocenters. The fourth-order valence-corrected chi connectivity index (χ4v) is 1.57. The SMILES string of the molecule is CC(O)c1ccc(-n2ccn(C)c2=O)cc1. The van der Waals surface area contributed by atoms with Crippen LogP contribution in [0.2, 0.25) is 0 Å². The van der Waals surface area contributed by atoms with E-state index in [1.54, 1.807) is 30.9 Å². The topological polar surface area (TPSA) is 47.2 Å². The number of aliphatic hydroxyl groups excluding tert-OH is 1. The Morgan fingerprint density at radius 2 is 1.81 bits per heavy atom. The van der Waals surface area contributed by atoms with Gasteiger partial charge in [-0.1, -0.05) is 12.1 Å². The van der Waals surface area contributed by atoms with E-state index in [1.165, 1.54) is 4.57 Å². The van der Waals surface area contributed by atoms with Crippen molar-refractivity contribution in [3.8, 4) is 5.69 Å². The number of aromatic nitrogens is 2. The molecule has 0 fully saturated rings. The molecule has 1 atom stereocenters. The van der Waals surface area contributed by atoms with E-state index in [2.05, 4.69) is 0 Å². The molecule has 4 nitrogen and oxygen atoms in total. The second-order valence-electron chi connectivity index (χ2n) is 3.83. The van der Waals surface area contributed by atoms with Crippen molar-refractivity contribution in [2.75, 3.05) is 0 Å². The van der Waals surface area contributed by atoms with Gasteiger partial charge in [0.25, 0.3) is 0 Å². The molecule has 0 radical (unpaired) electrons. The van der Waals surface area contributed by atoms with Crippen molar-refractivity contribution < 1.29 is 5.11 Å². The zero-order valence-electron chi connectivity index (χ0n) is 9.29. The Labute approximate surface area is 93.4 Å². The summed E-state index contributed by atoms with van der Waals surface area (Å²) >= 11 is 0. The average molecular weight is 218 g/mol. The molecular formula is C12H14N2O2. The van der Waals surface area contributed by atoms with Crippen molar-refractivity contribution in [2.45, 2.75) is 13.0 Å². The Morgan fingerprint density at radius 3 is 2.25 bits per heavy atom. The van der Waals surface area contributed by atoms with Crippen LogP contribution in [0.15, 0.2) is 41.5 Å². The van der Waals surface area contributed by atoms with Gasteiger partial charge in [-0.05, 0) is 24.6 Å². The van der Waals surface area contributed by atoms with Crippen LogP contribution in [0.4, 0.5) is 0 Å². The molecule has 1 aromatic carbocycles. The highest BCUT2D eigenvalue weighted by atomic mass is 16.3. The average Bonchev–Trinajstić information content (AvgIpc) is 2.60. The fourth-order valence-electron chi connectivity index (χ4n) is 1.57. The van der Waals surface area contributed by atoms with Gasteiger partial charge in [-0.15, -0.1) is 0 Å². The molecule has 16 heavy (non-hydrogen) atoms. The lowest BCUT2D eigenvalue weighted by molar-refractivity contribution is 0.199. The Kier molecular flexibility index (Phi) is 2.66. The van der Waals surface area contributed by atoms with Crippen molar-refractivity contribution in [1.82, 2.24) is 9.13 Å². The summed E-state index contributed by atoms with van der Waals surface area (Å²) < 4.78 is 3.08. The molecule has 0 aliphatic rings. The van der Waals surface area contributed by atoms with E-state index in [4.69, 9.17) is 0 Å². The lowest BCUT2D eigenvalue weighted by Gasteiger charge is -2.06. The summed E-state index contributed by atoms with van der Waals surface area (Å²) in [5.74, 6) is 0. The van der Waals surface area contributed by atoms with Crippen molar-refractivity contribution >= 4 is 0 Å². The first-order valence-electron chi connectivity index (χ1n) is 5.12. The first kappa shape index (κ1) is 10.7. The molecule has 4 heteroatoms. The molecular weight excluding hydrogens is 204 g/mol. The Morgan fingerprint density at radius 1 is 1.19 bits per heavy atom. The third-order valence-corrected chi connectivity index (χ3v) is 2.60. The van der Waals surface area contributed by atoms with Gasteiger partial charge in [0.1, 0.15) is 0 Å². The molecule has 2 rings (SSSR count). The molecule has 0 saturated carbocycles. The number of nitrogens with zero attached hydrogens (tertiary/aromatic N) is 2. The van der Waals surface area contributed by atoms with E-state index in [0.717, 1.165) is 11.3 Å². The largest absolute Gasteiger partial charge is 0.389 e. The maximum Gasteiger partial charge on any atom is 0.332 e. The number of aliphatic hydroxyl groups is 1. The van der Waals surface area contributed by atoms with E-state index < -0.39 is 6.10 Å². The number of aryl methyl sites for hydroxylation is 1. The summed E-state index contributed by atoms with van der Waals surface area (Å²) in [6.07, 6.45) is 2.95. The van der Waals surface area contributed by atoms with E-state index in [0.29, 0.717) is 0 Å². The van der Waals surface area contributed by atoms with Crippen LogP contribution in [0.1, 0.15) is 18.6 Å². The predicted molar refractivity (Wildman–Crippen MR) is 61.6 cm³/mol. The van der Waals surface area contributed by atoms with E-state index in [1.807, 2.05) is 24.3 Å². The van der Waals surface area contributed by atoms with Gasteiger partial charge in [0.2, 0.25) is 0 Å². The summed E-state index contributed by atoms with van der Waals surface area (Å²) in [6.45, 7) is 1.71. The highest BCUT2D eigenvalue weighted by Gasteiger charge is 2.04. The molecule has 0 amide bonds. The van der Waals surface area contributed by atoms with Gasteiger partial charge < -0.3 is 9.67 Å². The van der Waals surface area contributed by atoms with Crippen molar-refractivity contribution in [2.24, 2.45) is 7.05 Å². The zero-order chi connectivity index (χ0) is 11.7. The molecule has 1 N–H and O–H groups in total. The maximum absolute atomic E-state index is 11.7. The first-order chi connectivity index (χ1) is 7.59. The second kappa shape index (κ2) is 3.98. The molecule has 0 spiro atoms. The van der Waals surface area contributed by atoms with Crippen LogP contribution in [0.25, 0.3) is 5.69 Å². The van der Waals surface area contributed by atoms with Crippen LogP contribution in [0.5, 0.6) is 0 Å². The van der Waals surface area contributed by atoms with Crippen LogP contribution in [-0.2, 0) is 7.05 Å². The quantitative estimate of drug-likeness (QED) is 0.824. The minimum absolute atomic E-state index is 0.0789. The van der Waals surface area contributed by atoms with Gasteiger partial charge in [-0.3, -0.25) is 4.57 Å². The molecule has 1 aromatic heterocycles. The highest BCUT2D eigenvalue weighted by Crippen LogP contribution is 2.14. The van der Waals surface area contributed by atoms with Gasteiger partial charge in [0.15, 0.2) is 0 Å².